The summed E-state index contributed by atoms with van der Waals surface area (Å²) in [5.74, 6) is 0.857. The fourth-order valence-corrected chi connectivity index (χ4v) is 3.53. The molecule has 0 radical (unpaired) electrons. The first kappa shape index (κ1) is 21.7. The number of piperazine rings is 1. The predicted octanol–water partition coefficient (Wildman–Crippen LogP) is 1.86. The van der Waals surface area contributed by atoms with Crippen LogP contribution in [0.25, 0.3) is 0 Å². The van der Waals surface area contributed by atoms with Crippen LogP contribution in [0.1, 0.15) is 36.7 Å². The Hall–Kier alpha value is -2.97. The molecule has 2 aliphatic rings. The molecule has 0 saturated carbocycles. The highest BCUT2D eigenvalue weighted by molar-refractivity contribution is 5.92. The topological polar surface area (TPSA) is 92.7 Å². The third-order valence-corrected chi connectivity index (χ3v) is 4.98. The molecule has 9 heteroatoms. The number of nitrogens with zero attached hydrogens (tertiary/aromatic N) is 3. The SMILES string of the molecule is COC(=O)c1ccc(CNC2=NCC3CN(C(=O)OC(C)(C)C)CCN23)cc1OC. The Kier molecular flexibility index (Phi) is 6.38. The second-order valence-corrected chi connectivity index (χ2v) is 8.32. The second-order valence-electron chi connectivity index (χ2n) is 8.32. The number of carbonyl (C=O) groups is 2. The van der Waals surface area contributed by atoms with E-state index in [2.05, 4.69) is 15.2 Å². The van der Waals surface area contributed by atoms with Crippen molar-refractivity contribution < 1.29 is 23.8 Å². The molecule has 2 aliphatic heterocycles. The van der Waals surface area contributed by atoms with E-state index in [4.69, 9.17) is 14.2 Å². The van der Waals surface area contributed by atoms with Gasteiger partial charge in [0.15, 0.2) is 5.96 Å². The number of ether oxygens (including phenoxy) is 3. The number of aliphatic imine (C=N–C) groups is 1. The molecule has 30 heavy (non-hydrogen) atoms. The number of amides is 1. The monoisotopic (exact) mass is 418 g/mol. The van der Waals surface area contributed by atoms with E-state index >= 15 is 0 Å². The Morgan fingerprint density at radius 3 is 2.67 bits per heavy atom. The summed E-state index contributed by atoms with van der Waals surface area (Å²) in [6, 6.07) is 5.51. The number of nitrogens with one attached hydrogen (secondary N) is 1. The van der Waals surface area contributed by atoms with Crippen molar-refractivity contribution in [1.82, 2.24) is 15.1 Å². The summed E-state index contributed by atoms with van der Waals surface area (Å²) in [4.78, 5) is 32.7. The van der Waals surface area contributed by atoms with Crippen LogP contribution in [0.15, 0.2) is 23.2 Å². The summed E-state index contributed by atoms with van der Waals surface area (Å²) in [6.07, 6.45) is -0.277. The molecule has 2 heterocycles. The van der Waals surface area contributed by atoms with Gasteiger partial charge in [-0.3, -0.25) is 4.99 Å². The lowest BCUT2D eigenvalue weighted by atomic mass is 10.1. The van der Waals surface area contributed by atoms with E-state index in [9.17, 15) is 9.59 Å². The van der Waals surface area contributed by atoms with Crippen LogP contribution >= 0.6 is 0 Å². The molecular weight excluding hydrogens is 388 g/mol. The van der Waals surface area contributed by atoms with Gasteiger partial charge in [0, 0.05) is 26.2 Å². The van der Waals surface area contributed by atoms with Crippen LogP contribution in [-0.2, 0) is 16.0 Å². The minimum atomic E-state index is -0.502. The van der Waals surface area contributed by atoms with E-state index in [-0.39, 0.29) is 12.1 Å². The maximum atomic E-state index is 12.3. The Bertz CT molecular complexity index is 833. The molecule has 164 valence electrons. The Morgan fingerprint density at radius 2 is 2.00 bits per heavy atom. The second kappa shape index (κ2) is 8.81. The fourth-order valence-electron chi connectivity index (χ4n) is 3.53. The molecule has 0 aliphatic carbocycles. The number of esters is 1. The van der Waals surface area contributed by atoms with Gasteiger partial charge < -0.3 is 29.3 Å². The fraction of sp³-hybridized carbons (Fsp3) is 0.571. The third kappa shape index (κ3) is 4.95. The lowest BCUT2D eigenvalue weighted by Crippen LogP contribution is -2.57. The van der Waals surface area contributed by atoms with Crippen molar-refractivity contribution in [3.05, 3.63) is 29.3 Å². The summed E-state index contributed by atoms with van der Waals surface area (Å²) in [5.41, 5.74) is 0.843. The van der Waals surface area contributed by atoms with E-state index < -0.39 is 11.6 Å². The summed E-state index contributed by atoms with van der Waals surface area (Å²) < 4.78 is 15.6. The summed E-state index contributed by atoms with van der Waals surface area (Å²) in [6.45, 7) is 8.65. The van der Waals surface area contributed by atoms with E-state index in [0.717, 1.165) is 11.5 Å². The zero-order chi connectivity index (χ0) is 21.9. The van der Waals surface area contributed by atoms with Crippen LogP contribution in [-0.4, -0.2) is 79.9 Å². The van der Waals surface area contributed by atoms with Gasteiger partial charge in [-0.15, -0.1) is 0 Å². The standard InChI is InChI=1S/C21H30N4O5/c1-21(2,3)30-20(27)24-8-9-25-15(13-24)12-23-19(25)22-11-14-6-7-16(18(26)29-5)17(10-14)28-4/h6-7,10,15H,8-9,11-13H2,1-5H3,(H,22,23). The first-order valence-electron chi connectivity index (χ1n) is 10.00. The number of rotatable bonds is 4. The molecule has 0 spiro atoms. The highest BCUT2D eigenvalue weighted by Crippen LogP contribution is 2.22. The minimum absolute atomic E-state index is 0.144. The van der Waals surface area contributed by atoms with Gasteiger partial charge in [-0.25, -0.2) is 9.59 Å². The quantitative estimate of drug-likeness (QED) is 0.746. The zero-order valence-corrected chi connectivity index (χ0v) is 18.2. The van der Waals surface area contributed by atoms with Gasteiger partial charge in [0.2, 0.25) is 0 Å². The number of hydrogen-bond donors (Lipinski definition) is 1. The van der Waals surface area contributed by atoms with Gasteiger partial charge in [0.25, 0.3) is 0 Å². The predicted molar refractivity (Wildman–Crippen MR) is 112 cm³/mol. The molecule has 9 nitrogen and oxygen atoms in total. The van der Waals surface area contributed by atoms with E-state index in [1.165, 1.54) is 14.2 Å². The average molecular weight is 418 g/mol. The largest absolute Gasteiger partial charge is 0.496 e. The summed E-state index contributed by atoms with van der Waals surface area (Å²) >= 11 is 0. The molecule has 1 aromatic rings. The molecule has 1 unspecified atom stereocenters. The van der Waals surface area contributed by atoms with Crippen molar-refractivity contribution >= 4 is 18.0 Å². The lowest BCUT2D eigenvalue weighted by molar-refractivity contribution is 0.0137. The highest BCUT2D eigenvalue weighted by atomic mass is 16.6. The number of benzene rings is 1. The van der Waals surface area contributed by atoms with Crippen molar-refractivity contribution in [2.24, 2.45) is 4.99 Å². The normalized spacial score (nSPS) is 18.4. The number of fused-ring (bicyclic) bond motifs is 1. The van der Waals surface area contributed by atoms with E-state index in [1.54, 1.807) is 11.0 Å². The molecule has 1 fully saturated rings. The zero-order valence-electron chi connectivity index (χ0n) is 18.2. The first-order chi connectivity index (χ1) is 14.2. The molecule has 1 saturated heterocycles. The maximum absolute atomic E-state index is 12.3. The number of hydrogen-bond acceptors (Lipinski definition) is 8. The van der Waals surface area contributed by atoms with Crippen molar-refractivity contribution in [3.8, 4) is 5.75 Å². The van der Waals surface area contributed by atoms with Gasteiger partial charge in [-0.1, -0.05) is 6.07 Å². The number of guanidine groups is 1. The van der Waals surface area contributed by atoms with Crippen molar-refractivity contribution in [3.63, 3.8) is 0 Å². The van der Waals surface area contributed by atoms with Crippen LogP contribution in [0.4, 0.5) is 4.79 Å². The Balaban J connectivity index is 1.56. The maximum Gasteiger partial charge on any atom is 0.410 e. The molecule has 1 N–H and O–H groups in total. The molecule has 1 amide bonds. The number of carbonyl (C=O) groups excluding carboxylic acids is 2. The summed E-state index contributed by atoms with van der Waals surface area (Å²) in [5, 5.41) is 3.36. The van der Waals surface area contributed by atoms with Crippen LogP contribution in [0, 0.1) is 0 Å². The number of methoxy groups -OCH3 is 2. The van der Waals surface area contributed by atoms with Crippen LogP contribution in [0.2, 0.25) is 0 Å². The molecular formula is C21H30N4O5. The van der Waals surface area contributed by atoms with Crippen LogP contribution < -0.4 is 10.1 Å². The van der Waals surface area contributed by atoms with E-state index in [0.29, 0.717) is 44.0 Å². The highest BCUT2D eigenvalue weighted by Gasteiger charge is 2.36. The van der Waals surface area contributed by atoms with Gasteiger partial charge in [0.1, 0.15) is 16.9 Å². The van der Waals surface area contributed by atoms with Crippen molar-refractivity contribution in [2.45, 2.75) is 39.0 Å². The Labute approximate surface area is 177 Å². The van der Waals surface area contributed by atoms with Crippen LogP contribution in [0.5, 0.6) is 5.75 Å². The lowest BCUT2D eigenvalue weighted by Gasteiger charge is -2.39. The van der Waals surface area contributed by atoms with Crippen molar-refractivity contribution in [2.75, 3.05) is 40.4 Å². The molecule has 1 aromatic carbocycles. The van der Waals surface area contributed by atoms with Gasteiger partial charge >= 0.3 is 12.1 Å². The van der Waals surface area contributed by atoms with Gasteiger partial charge in [-0.05, 0) is 38.5 Å². The smallest absolute Gasteiger partial charge is 0.410 e. The third-order valence-electron chi connectivity index (χ3n) is 4.98. The first-order valence-corrected chi connectivity index (χ1v) is 10.00. The molecule has 3 rings (SSSR count). The van der Waals surface area contributed by atoms with E-state index in [1.807, 2.05) is 32.9 Å². The van der Waals surface area contributed by atoms with Crippen molar-refractivity contribution in [1.29, 1.82) is 0 Å². The molecule has 1 atom stereocenters. The molecule has 0 aromatic heterocycles. The average Bonchev–Trinajstić information content (AvgIpc) is 3.12. The summed E-state index contributed by atoms with van der Waals surface area (Å²) in [7, 11) is 2.86. The van der Waals surface area contributed by atoms with Crippen LogP contribution in [0.3, 0.4) is 0 Å². The van der Waals surface area contributed by atoms with Gasteiger partial charge in [0.05, 0.1) is 26.8 Å². The minimum Gasteiger partial charge on any atom is -0.496 e. The molecule has 0 bridgehead atoms. The van der Waals surface area contributed by atoms with Gasteiger partial charge in [-0.2, -0.15) is 0 Å². The Morgan fingerprint density at radius 1 is 1.23 bits per heavy atom.